The number of benzene rings is 2. The van der Waals surface area contributed by atoms with Gasteiger partial charge in [-0.3, -0.25) is 4.79 Å². The second-order valence-electron chi connectivity index (χ2n) is 6.89. The summed E-state index contributed by atoms with van der Waals surface area (Å²) in [4.78, 5) is 19.4. The molecule has 0 saturated carbocycles. The maximum atomic E-state index is 12.6. The van der Waals surface area contributed by atoms with Gasteiger partial charge in [0.15, 0.2) is 0 Å². The third kappa shape index (κ3) is 4.88. The summed E-state index contributed by atoms with van der Waals surface area (Å²) in [5.41, 5.74) is 1.78. The molecule has 0 fully saturated rings. The lowest BCUT2D eigenvalue weighted by Gasteiger charge is -2.06. The van der Waals surface area contributed by atoms with Crippen LogP contribution in [0.5, 0.6) is 0 Å². The number of hydrogen-bond acceptors (Lipinski definition) is 4. The average Bonchev–Trinajstić information content (AvgIpc) is 3.35. The van der Waals surface area contributed by atoms with Gasteiger partial charge in [-0.2, -0.15) is 18.2 Å². The number of fused-ring (bicyclic) bond motifs is 1. The van der Waals surface area contributed by atoms with Crippen molar-refractivity contribution in [2.24, 2.45) is 0 Å². The molecule has 31 heavy (non-hydrogen) atoms. The first-order chi connectivity index (χ1) is 14.8. The van der Waals surface area contributed by atoms with Crippen LogP contribution in [0.25, 0.3) is 10.9 Å². The highest BCUT2D eigenvalue weighted by Crippen LogP contribution is 2.29. The second kappa shape index (κ2) is 8.43. The van der Waals surface area contributed by atoms with Crippen molar-refractivity contribution in [2.45, 2.75) is 19.0 Å². The Morgan fingerprint density at radius 2 is 1.94 bits per heavy atom. The van der Waals surface area contributed by atoms with Gasteiger partial charge in [-0.1, -0.05) is 28.9 Å². The Balaban J connectivity index is 1.33. The molecule has 0 aliphatic rings. The van der Waals surface area contributed by atoms with Crippen molar-refractivity contribution in [3.63, 3.8) is 0 Å². The number of carbonyl (C=O) groups is 1. The Bertz CT molecular complexity index is 1220. The van der Waals surface area contributed by atoms with Crippen LogP contribution in [0, 0.1) is 0 Å². The molecule has 0 bridgehead atoms. The summed E-state index contributed by atoms with van der Waals surface area (Å²) in [6.07, 6.45) is -1.84. The Morgan fingerprint density at radius 1 is 1.16 bits per heavy atom. The van der Waals surface area contributed by atoms with Gasteiger partial charge >= 0.3 is 6.18 Å². The minimum Gasteiger partial charge on any atom is -0.361 e. The second-order valence-corrected chi connectivity index (χ2v) is 7.33. The molecule has 0 saturated heterocycles. The van der Waals surface area contributed by atoms with Crippen molar-refractivity contribution in [2.75, 3.05) is 6.54 Å². The number of hydrogen-bond donors (Lipinski definition) is 2. The van der Waals surface area contributed by atoms with E-state index in [2.05, 4.69) is 20.4 Å². The van der Waals surface area contributed by atoms with Crippen LogP contribution < -0.4 is 5.32 Å². The van der Waals surface area contributed by atoms with E-state index in [1.165, 1.54) is 12.1 Å². The predicted octanol–water partition coefficient (Wildman–Crippen LogP) is 4.79. The molecule has 2 heterocycles. The lowest BCUT2D eigenvalue weighted by Crippen LogP contribution is -2.26. The third-order valence-electron chi connectivity index (χ3n) is 4.72. The maximum Gasteiger partial charge on any atom is 0.416 e. The van der Waals surface area contributed by atoms with Gasteiger partial charge in [-0.05, 0) is 47.9 Å². The van der Waals surface area contributed by atoms with Crippen LogP contribution in [-0.4, -0.2) is 27.6 Å². The van der Waals surface area contributed by atoms with Crippen LogP contribution in [0.15, 0.2) is 53.2 Å². The molecule has 0 radical (unpaired) electrons. The smallest absolute Gasteiger partial charge is 0.361 e. The number of nitrogens with zero attached hydrogens (tertiary/aromatic N) is 2. The van der Waals surface area contributed by atoms with Crippen LogP contribution in [0.3, 0.4) is 0 Å². The summed E-state index contributed by atoms with van der Waals surface area (Å²) in [5, 5.41) is 7.98. The first kappa shape index (κ1) is 20.9. The number of halogens is 4. The number of nitrogens with one attached hydrogen (secondary N) is 2. The molecule has 0 spiro atoms. The number of aromatic nitrogens is 3. The molecule has 0 atom stereocenters. The molecule has 10 heteroatoms. The quantitative estimate of drug-likeness (QED) is 0.444. The first-order valence-corrected chi connectivity index (χ1v) is 9.70. The molecule has 160 valence electrons. The van der Waals surface area contributed by atoms with E-state index < -0.39 is 17.6 Å². The first-order valence-electron chi connectivity index (χ1n) is 9.32. The SMILES string of the molecule is O=C(NCCc1c[nH]c2ccc(Cl)cc12)c1noc(Cc2ccc(C(F)(F)F)cc2)n1. The zero-order valence-electron chi connectivity index (χ0n) is 16.0. The van der Waals surface area contributed by atoms with Gasteiger partial charge in [-0.15, -0.1) is 0 Å². The van der Waals surface area contributed by atoms with Gasteiger partial charge < -0.3 is 14.8 Å². The summed E-state index contributed by atoms with van der Waals surface area (Å²) in [6.45, 7) is 0.348. The zero-order valence-corrected chi connectivity index (χ0v) is 16.7. The largest absolute Gasteiger partial charge is 0.416 e. The van der Waals surface area contributed by atoms with E-state index in [1.54, 1.807) is 6.07 Å². The highest BCUT2D eigenvalue weighted by Gasteiger charge is 2.30. The highest BCUT2D eigenvalue weighted by atomic mass is 35.5. The van der Waals surface area contributed by atoms with Crippen molar-refractivity contribution in [1.29, 1.82) is 0 Å². The molecular formula is C21H16ClF3N4O2. The molecule has 2 N–H and O–H groups in total. The van der Waals surface area contributed by atoms with Crippen LogP contribution in [0.1, 0.15) is 33.2 Å². The van der Waals surface area contributed by atoms with Gasteiger partial charge in [0.25, 0.3) is 11.7 Å². The predicted molar refractivity (Wildman–Crippen MR) is 108 cm³/mol. The number of alkyl halides is 3. The fourth-order valence-corrected chi connectivity index (χ4v) is 3.32. The molecule has 2 aromatic heterocycles. The molecule has 6 nitrogen and oxygen atoms in total. The lowest BCUT2D eigenvalue weighted by molar-refractivity contribution is -0.137. The van der Waals surface area contributed by atoms with Gasteiger partial charge in [0.2, 0.25) is 5.89 Å². The van der Waals surface area contributed by atoms with Crippen molar-refractivity contribution >= 4 is 28.4 Å². The molecule has 2 aromatic carbocycles. The van der Waals surface area contributed by atoms with Gasteiger partial charge in [0, 0.05) is 28.7 Å². The topological polar surface area (TPSA) is 83.8 Å². The summed E-state index contributed by atoms with van der Waals surface area (Å²) in [5.74, 6) is -0.500. The average molecular weight is 449 g/mol. The maximum absolute atomic E-state index is 12.6. The van der Waals surface area contributed by atoms with E-state index in [1.807, 2.05) is 18.3 Å². The van der Waals surface area contributed by atoms with Gasteiger partial charge in [0.05, 0.1) is 12.0 Å². The van der Waals surface area contributed by atoms with Crippen molar-refractivity contribution in [3.05, 3.63) is 82.1 Å². The lowest BCUT2D eigenvalue weighted by atomic mass is 10.1. The number of carbonyl (C=O) groups excluding carboxylic acids is 1. The summed E-state index contributed by atoms with van der Waals surface area (Å²) in [6, 6.07) is 10.2. The minimum absolute atomic E-state index is 0.120. The Hall–Kier alpha value is -3.33. The van der Waals surface area contributed by atoms with Gasteiger partial charge in [-0.25, -0.2) is 0 Å². The molecule has 4 aromatic rings. The number of amides is 1. The monoisotopic (exact) mass is 448 g/mol. The minimum atomic E-state index is -4.40. The molecule has 0 aliphatic heterocycles. The Kier molecular flexibility index (Phi) is 5.69. The fourth-order valence-electron chi connectivity index (χ4n) is 3.15. The van der Waals surface area contributed by atoms with Crippen molar-refractivity contribution < 1.29 is 22.5 Å². The molecule has 0 aliphatic carbocycles. The van der Waals surface area contributed by atoms with E-state index in [9.17, 15) is 18.0 Å². The van der Waals surface area contributed by atoms with E-state index in [-0.39, 0.29) is 18.1 Å². The summed E-state index contributed by atoms with van der Waals surface area (Å²) in [7, 11) is 0. The fraction of sp³-hybridized carbons (Fsp3) is 0.190. The van der Waals surface area contributed by atoms with Crippen LogP contribution in [-0.2, 0) is 19.0 Å². The number of rotatable bonds is 6. The molecular weight excluding hydrogens is 433 g/mol. The van der Waals surface area contributed by atoms with Crippen LogP contribution in [0.4, 0.5) is 13.2 Å². The Labute approximate surface area is 179 Å². The molecule has 1 amide bonds. The Morgan fingerprint density at radius 3 is 2.68 bits per heavy atom. The zero-order chi connectivity index (χ0) is 22.0. The third-order valence-corrected chi connectivity index (χ3v) is 4.95. The van der Waals surface area contributed by atoms with Crippen molar-refractivity contribution in [1.82, 2.24) is 20.4 Å². The van der Waals surface area contributed by atoms with E-state index in [4.69, 9.17) is 16.1 Å². The van der Waals surface area contributed by atoms with Crippen LogP contribution in [0.2, 0.25) is 5.02 Å². The van der Waals surface area contributed by atoms with Crippen LogP contribution >= 0.6 is 11.6 Å². The molecule has 0 unspecified atom stereocenters. The highest BCUT2D eigenvalue weighted by molar-refractivity contribution is 6.31. The number of H-pyrrole nitrogens is 1. The van der Waals surface area contributed by atoms with Crippen molar-refractivity contribution in [3.8, 4) is 0 Å². The van der Waals surface area contributed by atoms with E-state index in [0.717, 1.165) is 28.6 Å². The van der Waals surface area contributed by atoms with Gasteiger partial charge in [0.1, 0.15) is 0 Å². The number of aromatic amines is 1. The normalized spacial score (nSPS) is 11.7. The van der Waals surface area contributed by atoms with E-state index in [0.29, 0.717) is 23.6 Å². The molecule has 4 rings (SSSR count). The standard InChI is InChI=1S/C21H16ClF3N4O2/c22-15-5-6-17-16(10-15)13(11-27-17)7-8-26-20(30)19-28-18(31-29-19)9-12-1-3-14(4-2-12)21(23,24)25/h1-6,10-11,27H,7-9H2,(H,26,30). The van der Waals surface area contributed by atoms with E-state index >= 15 is 0 Å². The summed E-state index contributed by atoms with van der Waals surface area (Å²) >= 11 is 6.04. The summed E-state index contributed by atoms with van der Waals surface area (Å²) < 4.78 is 42.9.